The summed E-state index contributed by atoms with van der Waals surface area (Å²) < 4.78 is 16.0. The van der Waals surface area contributed by atoms with Gasteiger partial charge in [0.05, 0.1) is 12.7 Å². The van der Waals surface area contributed by atoms with Gasteiger partial charge in [-0.3, -0.25) is 4.79 Å². The summed E-state index contributed by atoms with van der Waals surface area (Å²) in [5, 5.41) is 5.27. The Morgan fingerprint density at radius 2 is 2.43 bits per heavy atom. The summed E-state index contributed by atoms with van der Waals surface area (Å²) >= 11 is 1.39. The molecule has 112 valence electrons. The first-order chi connectivity index (χ1) is 10.2. The molecule has 21 heavy (non-hydrogen) atoms. The first-order valence-corrected chi connectivity index (χ1v) is 7.60. The Labute approximate surface area is 126 Å². The molecule has 6 nitrogen and oxygen atoms in total. The van der Waals surface area contributed by atoms with Crippen LogP contribution in [0.15, 0.2) is 21.9 Å². The van der Waals surface area contributed by atoms with Crippen LogP contribution in [0.25, 0.3) is 10.8 Å². The van der Waals surface area contributed by atoms with Crippen LogP contribution < -0.4 is 5.32 Å². The normalized spacial score (nSPS) is 18.6. The summed E-state index contributed by atoms with van der Waals surface area (Å²) in [7, 11) is 0. The fourth-order valence-corrected chi connectivity index (χ4v) is 2.76. The third-order valence-electron chi connectivity index (χ3n) is 3.15. The van der Waals surface area contributed by atoms with Gasteiger partial charge in [0.2, 0.25) is 0 Å². The van der Waals surface area contributed by atoms with Crippen molar-refractivity contribution in [2.24, 2.45) is 0 Å². The lowest BCUT2D eigenvalue weighted by atomic mass is 10.2. The molecule has 1 fully saturated rings. The van der Waals surface area contributed by atoms with E-state index in [4.69, 9.17) is 13.9 Å². The van der Waals surface area contributed by atoms with E-state index in [1.807, 2.05) is 19.1 Å². The van der Waals surface area contributed by atoms with E-state index in [1.165, 1.54) is 11.3 Å². The molecule has 1 saturated heterocycles. The Kier molecular flexibility index (Phi) is 4.33. The Morgan fingerprint density at radius 1 is 1.52 bits per heavy atom. The summed E-state index contributed by atoms with van der Waals surface area (Å²) in [6, 6.07) is 3.73. The smallest absolute Gasteiger partial charge is 0.270 e. The van der Waals surface area contributed by atoms with Gasteiger partial charge in [-0.2, -0.15) is 0 Å². The molecule has 0 spiro atoms. The second-order valence-electron chi connectivity index (χ2n) is 4.76. The van der Waals surface area contributed by atoms with Crippen molar-refractivity contribution in [1.82, 2.24) is 10.3 Å². The molecule has 0 aliphatic carbocycles. The summed E-state index contributed by atoms with van der Waals surface area (Å²) in [5.41, 5.74) is 0.399. The highest BCUT2D eigenvalue weighted by Crippen LogP contribution is 2.25. The highest BCUT2D eigenvalue weighted by atomic mass is 32.1. The lowest BCUT2D eigenvalue weighted by molar-refractivity contribution is -0.136. The fourth-order valence-electron chi connectivity index (χ4n) is 2.00. The van der Waals surface area contributed by atoms with Crippen molar-refractivity contribution in [3.05, 3.63) is 29.0 Å². The van der Waals surface area contributed by atoms with Crippen LogP contribution in [0.3, 0.4) is 0 Å². The zero-order chi connectivity index (χ0) is 14.7. The number of amides is 1. The van der Waals surface area contributed by atoms with Crippen LogP contribution in [0, 0.1) is 6.92 Å². The van der Waals surface area contributed by atoms with Crippen LogP contribution in [0.1, 0.15) is 22.7 Å². The number of rotatable bonds is 4. The molecule has 1 aliphatic heterocycles. The van der Waals surface area contributed by atoms with Crippen molar-refractivity contribution in [2.45, 2.75) is 19.4 Å². The van der Waals surface area contributed by atoms with Crippen molar-refractivity contribution >= 4 is 17.2 Å². The average Bonchev–Trinajstić information content (AvgIpc) is 3.14. The van der Waals surface area contributed by atoms with Gasteiger partial charge in [-0.15, -0.1) is 11.3 Å². The van der Waals surface area contributed by atoms with Crippen LogP contribution in [0.2, 0.25) is 0 Å². The van der Waals surface area contributed by atoms with Crippen LogP contribution in [0.5, 0.6) is 0 Å². The van der Waals surface area contributed by atoms with E-state index in [0.29, 0.717) is 36.4 Å². The van der Waals surface area contributed by atoms with Gasteiger partial charge in [-0.05, 0) is 25.5 Å². The average molecular weight is 308 g/mol. The predicted molar refractivity (Wildman–Crippen MR) is 77.2 cm³/mol. The predicted octanol–water partition coefficient (Wildman–Crippen LogP) is 2.20. The molecule has 1 unspecified atom stereocenters. The molecular formula is C14H16N2O4S. The number of aryl methyl sites for hydroxylation is 1. The minimum Gasteiger partial charge on any atom is -0.459 e. The van der Waals surface area contributed by atoms with Crippen LogP contribution in [-0.4, -0.2) is 36.9 Å². The van der Waals surface area contributed by atoms with Crippen molar-refractivity contribution in [2.75, 3.05) is 19.9 Å². The first kappa shape index (κ1) is 14.2. The second-order valence-corrected chi connectivity index (χ2v) is 5.62. The third-order valence-corrected chi connectivity index (χ3v) is 4.01. The molecule has 2 aromatic heterocycles. The number of furan rings is 1. The SMILES string of the molecule is Cc1ccc(-c2nc(C(=O)NCC3CCOCO3)cs2)o1. The largest absolute Gasteiger partial charge is 0.459 e. The molecule has 0 radical (unpaired) electrons. The maximum atomic E-state index is 12.1. The van der Waals surface area contributed by atoms with Crippen LogP contribution in [-0.2, 0) is 9.47 Å². The van der Waals surface area contributed by atoms with Gasteiger partial charge < -0.3 is 19.2 Å². The lowest BCUT2D eigenvalue weighted by Gasteiger charge is -2.22. The van der Waals surface area contributed by atoms with Crippen molar-refractivity contribution in [3.63, 3.8) is 0 Å². The van der Waals surface area contributed by atoms with Gasteiger partial charge in [-0.1, -0.05) is 0 Å². The molecule has 0 bridgehead atoms. The highest BCUT2D eigenvalue weighted by Gasteiger charge is 2.17. The van der Waals surface area contributed by atoms with Crippen LogP contribution >= 0.6 is 11.3 Å². The third kappa shape index (κ3) is 3.49. The molecule has 3 heterocycles. The standard InChI is InChI=1S/C14H16N2O4S/c1-9-2-3-12(20-9)14-16-11(7-21-14)13(17)15-6-10-4-5-18-8-19-10/h2-3,7,10H,4-6,8H2,1H3,(H,15,17). The molecule has 1 atom stereocenters. The van der Waals surface area contributed by atoms with Gasteiger partial charge in [0.1, 0.15) is 18.2 Å². The lowest BCUT2D eigenvalue weighted by Crippen LogP contribution is -2.37. The van der Waals surface area contributed by atoms with E-state index >= 15 is 0 Å². The summed E-state index contributed by atoms with van der Waals surface area (Å²) in [6.07, 6.45) is 0.794. The number of thiazole rings is 1. The molecule has 2 aromatic rings. The maximum absolute atomic E-state index is 12.1. The fraction of sp³-hybridized carbons (Fsp3) is 0.429. The van der Waals surface area contributed by atoms with Gasteiger partial charge >= 0.3 is 0 Å². The van der Waals surface area contributed by atoms with Crippen molar-refractivity contribution in [1.29, 1.82) is 0 Å². The monoisotopic (exact) mass is 308 g/mol. The number of carbonyl (C=O) groups excluding carboxylic acids is 1. The van der Waals surface area contributed by atoms with E-state index in [1.54, 1.807) is 5.38 Å². The van der Waals surface area contributed by atoms with Gasteiger partial charge in [-0.25, -0.2) is 4.98 Å². The molecule has 0 saturated carbocycles. The summed E-state index contributed by atoms with van der Waals surface area (Å²) in [5.74, 6) is 1.31. The number of nitrogens with one attached hydrogen (secondary N) is 1. The minimum absolute atomic E-state index is 0.00790. The Hall–Kier alpha value is -1.70. The Morgan fingerprint density at radius 3 is 3.14 bits per heavy atom. The summed E-state index contributed by atoms with van der Waals surface area (Å²) in [4.78, 5) is 16.4. The number of hydrogen-bond donors (Lipinski definition) is 1. The van der Waals surface area contributed by atoms with E-state index in [-0.39, 0.29) is 12.0 Å². The van der Waals surface area contributed by atoms with E-state index in [9.17, 15) is 4.79 Å². The highest BCUT2D eigenvalue weighted by molar-refractivity contribution is 7.13. The first-order valence-electron chi connectivity index (χ1n) is 6.72. The summed E-state index contributed by atoms with van der Waals surface area (Å²) in [6.45, 7) is 3.30. The maximum Gasteiger partial charge on any atom is 0.270 e. The van der Waals surface area contributed by atoms with Gasteiger partial charge in [0, 0.05) is 11.9 Å². The number of nitrogens with zero attached hydrogens (tertiary/aromatic N) is 1. The molecular weight excluding hydrogens is 292 g/mol. The molecule has 1 N–H and O–H groups in total. The van der Waals surface area contributed by atoms with Crippen molar-refractivity contribution in [3.8, 4) is 10.8 Å². The van der Waals surface area contributed by atoms with E-state index in [2.05, 4.69) is 10.3 Å². The zero-order valence-electron chi connectivity index (χ0n) is 11.6. The second kappa shape index (κ2) is 6.38. The van der Waals surface area contributed by atoms with Crippen LogP contribution in [0.4, 0.5) is 0 Å². The molecule has 3 rings (SSSR count). The van der Waals surface area contributed by atoms with Crippen molar-refractivity contribution < 1.29 is 18.7 Å². The zero-order valence-corrected chi connectivity index (χ0v) is 12.4. The minimum atomic E-state index is -0.198. The number of aromatic nitrogens is 1. The van der Waals surface area contributed by atoms with Gasteiger partial charge in [0.15, 0.2) is 10.8 Å². The quantitative estimate of drug-likeness (QED) is 0.937. The topological polar surface area (TPSA) is 73.6 Å². The van der Waals surface area contributed by atoms with E-state index < -0.39 is 0 Å². The Balaban J connectivity index is 1.59. The molecule has 1 amide bonds. The van der Waals surface area contributed by atoms with E-state index in [0.717, 1.165) is 12.2 Å². The molecule has 0 aromatic carbocycles. The van der Waals surface area contributed by atoms with Gasteiger partial charge in [0.25, 0.3) is 5.91 Å². The number of carbonyl (C=O) groups is 1. The Bertz CT molecular complexity index is 616. The molecule has 7 heteroatoms. The molecule has 1 aliphatic rings. The number of ether oxygens (including phenoxy) is 2. The number of hydrogen-bond acceptors (Lipinski definition) is 6.